The lowest BCUT2D eigenvalue weighted by Gasteiger charge is -2.14. The Bertz CT molecular complexity index is 1690. The van der Waals surface area contributed by atoms with E-state index in [-0.39, 0.29) is 12.4 Å². The minimum absolute atomic E-state index is 0.138. The molecule has 0 atom stereocenters. The van der Waals surface area contributed by atoms with Crippen LogP contribution in [0.5, 0.6) is 17.2 Å². The highest BCUT2D eigenvalue weighted by molar-refractivity contribution is 14.1. The number of nitrogens with one attached hydrogen (secondary N) is 1. The standard InChI is InChI=1S/C34H32IN3O5/c1-4-40-32-19-26(18-30(35)33(32)42-21-25-8-6-5-7-9-25)20-36-37-34(39)31-17-16-29(43-31)22-41-28-14-12-27(13-15-28)38-23(2)10-11-24(38)3/h5-20H,4,21-22H2,1-3H3,(H,37,39)/b36-20+. The van der Waals surface area contributed by atoms with Crippen LogP contribution in [0, 0.1) is 17.4 Å². The van der Waals surface area contributed by atoms with Crippen LogP contribution >= 0.6 is 22.6 Å². The SMILES string of the molecule is CCOc1cc(/C=N/NC(=O)c2ccc(COc3ccc(-n4c(C)ccc4C)cc3)o2)cc(I)c1OCc1ccccc1. The van der Waals surface area contributed by atoms with E-state index in [1.54, 1.807) is 18.3 Å². The van der Waals surface area contributed by atoms with Gasteiger partial charge in [0, 0.05) is 17.1 Å². The smallest absolute Gasteiger partial charge is 0.307 e. The Morgan fingerprint density at radius 2 is 1.65 bits per heavy atom. The molecule has 0 aliphatic carbocycles. The third kappa shape index (κ3) is 7.66. The van der Waals surface area contributed by atoms with E-state index >= 15 is 0 Å². The molecule has 0 saturated carbocycles. The molecule has 3 aromatic carbocycles. The maximum atomic E-state index is 12.6. The van der Waals surface area contributed by atoms with E-state index in [1.165, 1.54) is 11.4 Å². The van der Waals surface area contributed by atoms with Crippen LogP contribution < -0.4 is 19.6 Å². The summed E-state index contributed by atoms with van der Waals surface area (Å²) < 4.78 is 26.5. The summed E-state index contributed by atoms with van der Waals surface area (Å²) in [5, 5.41) is 4.11. The summed E-state index contributed by atoms with van der Waals surface area (Å²) in [7, 11) is 0. The fourth-order valence-corrected chi connectivity index (χ4v) is 5.30. The molecular weight excluding hydrogens is 657 g/mol. The molecule has 2 aromatic heterocycles. The van der Waals surface area contributed by atoms with Gasteiger partial charge in [-0.05, 0) is 115 Å². The number of halogens is 1. The molecule has 5 rings (SSSR count). The Kier molecular flexibility index (Phi) is 9.83. The maximum Gasteiger partial charge on any atom is 0.307 e. The zero-order valence-electron chi connectivity index (χ0n) is 24.2. The first-order valence-electron chi connectivity index (χ1n) is 13.8. The minimum atomic E-state index is -0.466. The lowest BCUT2D eigenvalue weighted by Crippen LogP contribution is -2.16. The first-order valence-corrected chi connectivity index (χ1v) is 14.9. The number of carbonyl (C=O) groups is 1. The van der Waals surface area contributed by atoms with E-state index in [9.17, 15) is 4.79 Å². The summed E-state index contributed by atoms with van der Waals surface area (Å²) >= 11 is 2.21. The fourth-order valence-electron chi connectivity index (χ4n) is 4.51. The topological polar surface area (TPSA) is 87.2 Å². The van der Waals surface area contributed by atoms with Crippen LogP contribution in [0.2, 0.25) is 0 Å². The Morgan fingerprint density at radius 3 is 2.37 bits per heavy atom. The number of aryl methyl sites for hydroxylation is 2. The van der Waals surface area contributed by atoms with Crippen LogP contribution in [0.15, 0.2) is 101 Å². The van der Waals surface area contributed by atoms with Gasteiger partial charge in [-0.2, -0.15) is 5.10 Å². The summed E-state index contributed by atoms with van der Waals surface area (Å²) in [6.45, 7) is 7.17. The number of hydrazone groups is 1. The molecule has 0 spiro atoms. The number of carbonyl (C=O) groups excluding carboxylic acids is 1. The Morgan fingerprint density at radius 1 is 0.907 bits per heavy atom. The zero-order valence-corrected chi connectivity index (χ0v) is 26.3. The number of amides is 1. The van der Waals surface area contributed by atoms with Gasteiger partial charge in [-0.3, -0.25) is 4.79 Å². The Hall–Kier alpha value is -4.51. The maximum absolute atomic E-state index is 12.6. The molecule has 0 aliphatic rings. The quantitative estimate of drug-likeness (QED) is 0.0828. The van der Waals surface area contributed by atoms with Gasteiger partial charge in [0.2, 0.25) is 0 Å². The van der Waals surface area contributed by atoms with Crippen molar-refractivity contribution >= 4 is 34.7 Å². The second-order valence-electron chi connectivity index (χ2n) is 9.74. The molecular formula is C34H32IN3O5. The number of rotatable bonds is 12. The van der Waals surface area contributed by atoms with Crippen LogP contribution in [0.25, 0.3) is 5.69 Å². The molecule has 0 aliphatic heterocycles. The third-order valence-electron chi connectivity index (χ3n) is 6.57. The van der Waals surface area contributed by atoms with Gasteiger partial charge in [-0.1, -0.05) is 30.3 Å². The summed E-state index contributed by atoms with van der Waals surface area (Å²) in [5.41, 5.74) is 7.74. The molecule has 2 heterocycles. The van der Waals surface area contributed by atoms with Crippen LogP contribution in [-0.2, 0) is 13.2 Å². The lowest BCUT2D eigenvalue weighted by atomic mass is 10.2. The summed E-state index contributed by atoms with van der Waals surface area (Å²) in [5.74, 6) is 2.18. The fraction of sp³-hybridized carbons (Fsp3) is 0.176. The highest BCUT2D eigenvalue weighted by Crippen LogP contribution is 2.34. The lowest BCUT2D eigenvalue weighted by molar-refractivity contribution is 0.0923. The van der Waals surface area contributed by atoms with Crippen molar-refractivity contribution in [2.45, 2.75) is 34.0 Å². The van der Waals surface area contributed by atoms with Crippen molar-refractivity contribution in [3.8, 4) is 22.9 Å². The van der Waals surface area contributed by atoms with Gasteiger partial charge < -0.3 is 23.2 Å². The molecule has 0 unspecified atom stereocenters. The van der Waals surface area contributed by atoms with Gasteiger partial charge >= 0.3 is 5.91 Å². The molecule has 1 N–H and O–H groups in total. The van der Waals surface area contributed by atoms with Crippen molar-refractivity contribution in [3.63, 3.8) is 0 Å². The van der Waals surface area contributed by atoms with E-state index in [4.69, 9.17) is 18.6 Å². The summed E-state index contributed by atoms with van der Waals surface area (Å²) in [6.07, 6.45) is 1.55. The molecule has 5 aromatic rings. The van der Waals surface area contributed by atoms with Crippen molar-refractivity contribution in [1.82, 2.24) is 9.99 Å². The van der Waals surface area contributed by atoms with Gasteiger partial charge in [0.05, 0.1) is 16.4 Å². The van der Waals surface area contributed by atoms with Gasteiger partial charge in [0.15, 0.2) is 17.3 Å². The molecule has 0 bridgehead atoms. The molecule has 9 heteroatoms. The van der Waals surface area contributed by atoms with Crippen LogP contribution in [-0.4, -0.2) is 23.3 Å². The molecule has 0 fully saturated rings. The average Bonchev–Trinajstić information content (AvgIpc) is 3.62. The van der Waals surface area contributed by atoms with E-state index in [0.717, 1.165) is 20.4 Å². The van der Waals surface area contributed by atoms with Crippen molar-refractivity contribution in [2.24, 2.45) is 5.10 Å². The normalized spacial score (nSPS) is 11.1. The third-order valence-corrected chi connectivity index (χ3v) is 7.37. The molecule has 220 valence electrons. The molecule has 0 saturated heterocycles. The minimum Gasteiger partial charge on any atom is -0.490 e. The predicted molar refractivity (Wildman–Crippen MR) is 174 cm³/mol. The van der Waals surface area contributed by atoms with Crippen molar-refractivity contribution in [2.75, 3.05) is 6.61 Å². The van der Waals surface area contributed by atoms with Gasteiger partial charge in [-0.15, -0.1) is 0 Å². The van der Waals surface area contributed by atoms with E-state index < -0.39 is 5.91 Å². The number of hydrogen-bond acceptors (Lipinski definition) is 6. The highest BCUT2D eigenvalue weighted by Gasteiger charge is 2.14. The number of nitrogens with zero attached hydrogens (tertiary/aromatic N) is 2. The molecule has 1 amide bonds. The highest BCUT2D eigenvalue weighted by atomic mass is 127. The van der Waals surface area contributed by atoms with Crippen molar-refractivity contribution in [1.29, 1.82) is 0 Å². The van der Waals surface area contributed by atoms with Gasteiger partial charge in [0.25, 0.3) is 0 Å². The van der Waals surface area contributed by atoms with Gasteiger partial charge in [0.1, 0.15) is 24.7 Å². The largest absolute Gasteiger partial charge is 0.490 e. The second kappa shape index (κ2) is 14.1. The Labute approximate surface area is 264 Å². The van der Waals surface area contributed by atoms with Crippen molar-refractivity contribution < 1.29 is 23.4 Å². The van der Waals surface area contributed by atoms with Crippen LogP contribution in [0.1, 0.15) is 45.8 Å². The van der Waals surface area contributed by atoms with E-state index in [0.29, 0.717) is 36.2 Å². The second-order valence-corrected chi connectivity index (χ2v) is 10.9. The molecule has 43 heavy (non-hydrogen) atoms. The van der Waals surface area contributed by atoms with Crippen molar-refractivity contribution in [3.05, 3.63) is 129 Å². The van der Waals surface area contributed by atoms with Gasteiger partial charge in [-0.25, -0.2) is 5.43 Å². The number of benzene rings is 3. The van der Waals surface area contributed by atoms with Crippen LogP contribution in [0.3, 0.4) is 0 Å². The zero-order chi connectivity index (χ0) is 30.2. The first kappa shape index (κ1) is 30.0. The Balaban J connectivity index is 1.16. The number of ether oxygens (including phenoxy) is 3. The van der Waals surface area contributed by atoms with E-state index in [1.807, 2.05) is 73.7 Å². The molecule has 0 radical (unpaired) electrons. The predicted octanol–water partition coefficient (Wildman–Crippen LogP) is 7.61. The number of aromatic nitrogens is 1. The van der Waals surface area contributed by atoms with Crippen LogP contribution in [0.4, 0.5) is 0 Å². The average molecular weight is 690 g/mol. The molecule has 8 nitrogen and oxygen atoms in total. The summed E-state index contributed by atoms with van der Waals surface area (Å²) in [4.78, 5) is 12.6. The number of furan rings is 1. The number of hydrogen-bond donors (Lipinski definition) is 1. The van der Waals surface area contributed by atoms with E-state index in [2.05, 4.69) is 63.7 Å². The first-order chi connectivity index (χ1) is 20.9. The summed E-state index contributed by atoms with van der Waals surface area (Å²) in [6, 6.07) is 29.0. The monoisotopic (exact) mass is 689 g/mol.